The van der Waals surface area contributed by atoms with Crippen LogP contribution >= 0.6 is 0 Å². The van der Waals surface area contributed by atoms with Crippen molar-refractivity contribution in [1.29, 1.82) is 0 Å². The highest BCUT2D eigenvalue weighted by Gasteiger charge is 2.22. The second-order valence-corrected chi connectivity index (χ2v) is 5.29. The van der Waals surface area contributed by atoms with Crippen LogP contribution in [-0.4, -0.2) is 28.2 Å². The van der Waals surface area contributed by atoms with Gasteiger partial charge in [-0.05, 0) is 36.4 Å². The standard InChI is InChI=1S/C18H12FN3O5/c1-26-18(23)14-10-13(6-8-16(14)22(24)25)27-17-9-7-15(20-21-17)11-2-4-12(19)5-3-11/h2-10H,1H3. The van der Waals surface area contributed by atoms with E-state index < -0.39 is 16.6 Å². The molecule has 9 heteroatoms. The van der Waals surface area contributed by atoms with Crippen LogP contribution in [0.1, 0.15) is 10.4 Å². The van der Waals surface area contributed by atoms with Crippen LogP contribution < -0.4 is 4.74 Å². The van der Waals surface area contributed by atoms with E-state index in [0.717, 1.165) is 13.2 Å². The first kappa shape index (κ1) is 17.9. The van der Waals surface area contributed by atoms with Crippen LogP contribution in [0.4, 0.5) is 10.1 Å². The van der Waals surface area contributed by atoms with E-state index in [-0.39, 0.29) is 23.0 Å². The third kappa shape index (κ3) is 4.03. The molecule has 0 radical (unpaired) electrons. The van der Waals surface area contributed by atoms with Gasteiger partial charge in [-0.1, -0.05) is 0 Å². The number of rotatable bonds is 5. The maximum Gasteiger partial charge on any atom is 0.345 e. The fraction of sp³-hybridized carbons (Fsp3) is 0.0556. The van der Waals surface area contributed by atoms with Gasteiger partial charge in [0.15, 0.2) is 0 Å². The summed E-state index contributed by atoms with van der Waals surface area (Å²) in [7, 11) is 1.12. The smallest absolute Gasteiger partial charge is 0.345 e. The predicted molar refractivity (Wildman–Crippen MR) is 91.9 cm³/mol. The number of hydrogen-bond donors (Lipinski definition) is 0. The molecular formula is C18H12FN3O5. The van der Waals surface area contributed by atoms with Gasteiger partial charge in [0.1, 0.15) is 17.1 Å². The summed E-state index contributed by atoms with van der Waals surface area (Å²) in [4.78, 5) is 22.1. The predicted octanol–water partition coefficient (Wildman–Crippen LogP) is 3.77. The van der Waals surface area contributed by atoms with Gasteiger partial charge in [-0.25, -0.2) is 9.18 Å². The number of nitro benzene ring substituents is 1. The molecule has 0 atom stereocenters. The molecule has 0 N–H and O–H groups in total. The molecule has 0 fully saturated rings. The Hall–Kier alpha value is -3.88. The largest absolute Gasteiger partial charge is 0.465 e. The fourth-order valence-corrected chi connectivity index (χ4v) is 2.28. The molecule has 0 amide bonds. The molecule has 3 aromatic rings. The van der Waals surface area contributed by atoms with Crippen molar-refractivity contribution < 1.29 is 23.6 Å². The van der Waals surface area contributed by atoms with E-state index in [1.165, 1.54) is 30.3 Å². The van der Waals surface area contributed by atoms with Crippen molar-refractivity contribution in [3.63, 3.8) is 0 Å². The number of nitrogens with zero attached hydrogens (tertiary/aromatic N) is 3. The highest BCUT2D eigenvalue weighted by Crippen LogP contribution is 2.28. The Morgan fingerprint density at radius 3 is 2.41 bits per heavy atom. The first-order chi connectivity index (χ1) is 13.0. The van der Waals surface area contributed by atoms with Crippen LogP contribution in [0, 0.1) is 15.9 Å². The number of esters is 1. The molecule has 8 nitrogen and oxygen atoms in total. The second kappa shape index (κ2) is 7.56. The lowest BCUT2D eigenvalue weighted by atomic mass is 10.1. The molecule has 0 saturated carbocycles. The Kier molecular flexibility index (Phi) is 5.02. The first-order valence-corrected chi connectivity index (χ1v) is 7.62. The van der Waals surface area contributed by atoms with Crippen molar-refractivity contribution in [2.45, 2.75) is 0 Å². The molecule has 0 unspecified atom stereocenters. The maximum absolute atomic E-state index is 13.0. The van der Waals surface area contributed by atoms with Crippen molar-refractivity contribution in [1.82, 2.24) is 10.2 Å². The number of hydrogen-bond acceptors (Lipinski definition) is 7. The van der Waals surface area contributed by atoms with Gasteiger partial charge in [0.2, 0.25) is 5.88 Å². The summed E-state index contributed by atoms with van der Waals surface area (Å²) in [6.45, 7) is 0. The van der Waals surface area contributed by atoms with Gasteiger partial charge >= 0.3 is 5.97 Å². The summed E-state index contributed by atoms with van der Waals surface area (Å²) < 4.78 is 23.0. The third-order valence-electron chi connectivity index (χ3n) is 3.57. The van der Waals surface area contributed by atoms with Crippen LogP contribution in [0.2, 0.25) is 0 Å². The second-order valence-electron chi connectivity index (χ2n) is 5.29. The quantitative estimate of drug-likeness (QED) is 0.383. The van der Waals surface area contributed by atoms with Gasteiger partial charge in [-0.2, -0.15) is 0 Å². The summed E-state index contributed by atoms with van der Waals surface area (Å²) in [5.41, 5.74) is 0.558. The lowest BCUT2D eigenvalue weighted by Crippen LogP contribution is -2.06. The van der Waals surface area contributed by atoms with E-state index in [4.69, 9.17) is 4.74 Å². The zero-order chi connectivity index (χ0) is 19.4. The Labute approximate surface area is 152 Å². The molecule has 3 rings (SSSR count). The Morgan fingerprint density at radius 1 is 1.07 bits per heavy atom. The van der Waals surface area contributed by atoms with Gasteiger partial charge < -0.3 is 9.47 Å². The van der Waals surface area contributed by atoms with Crippen LogP contribution in [0.25, 0.3) is 11.3 Å². The van der Waals surface area contributed by atoms with E-state index in [0.29, 0.717) is 11.3 Å². The summed E-state index contributed by atoms with van der Waals surface area (Å²) >= 11 is 0. The van der Waals surface area contributed by atoms with Crippen molar-refractivity contribution in [3.05, 3.63) is 76.1 Å². The van der Waals surface area contributed by atoms with E-state index in [9.17, 15) is 19.3 Å². The van der Waals surface area contributed by atoms with E-state index in [2.05, 4.69) is 14.9 Å². The average molecular weight is 369 g/mol. The van der Waals surface area contributed by atoms with Crippen molar-refractivity contribution in [3.8, 4) is 22.9 Å². The van der Waals surface area contributed by atoms with Crippen LogP contribution in [0.3, 0.4) is 0 Å². The molecule has 136 valence electrons. The van der Waals surface area contributed by atoms with E-state index in [1.807, 2.05) is 0 Å². The monoisotopic (exact) mass is 369 g/mol. The number of methoxy groups -OCH3 is 1. The lowest BCUT2D eigenvalue weighted by Gasteiger charge is -2.07. The Balaban J connectivity index is 1.83. The average Bonchev–Trinajstić information content (AvgIpc) is 2.68. The highest BCUT2D eigenvalue weighted by atomic mass is 19.1. The Bertz CT molecular complexity index is 991. The van der Waals surface area contributed by atoms with Crippen LogP contribution in [-0.2, 0) is 4.74 Å². The summed E-state index contributed by atoms with van der Waals surface area (Å²) in [6, 6.07) is 12.6. The first-order valence-electron chi connectivity index (χ1n) is 7.62. The number of carbonyl (C=O) groups is 1. The topological polar surface area (TPSA) is 104 Å². The molecule has 0 bridgehead atoms. The van der Waals surface area contributed by atoms with Gasteiger partial charge in [0.25, 0.3) is 5.69 Å². The molecule has 0 saturated heterocycles. The van der Waals surface area contributed by atoms with Crippen molar-refractivity contribution in [2.24, 2.45) is 0 Å². The zero-order valence-corrected chi connectivity index (χ0v) is 14.0. The van der Waals surface area contributed by atoms with Gasteiger partial charge in [-0.15, -0.1) is 10.2 Å². The number of halogens is 1. The summed E-state index contributed by atoms with van der Waals surface area (Å²) in [5.74, 6) is -0.938. The molecule has 0 aliphatic rings. The van der Waals surface area contributed by atoms with Gasteiger partial charge in [0, 0.05) is 23.8 Å². The molecule has 0 spiro atoms. The SMILES string of the molecule is COC(=O)c1cc(Oc2ccc(-c3ccc(F)cc3)nn2)ccc1[N+](=O)[O-]. The van der Waals surface area contributed by atoms with Gasteiger partial charge in [0.05, 0.1) is 17.7 Å². The third-order valence-corrected chi connectivity index (χ3v) is 3.57. The minimum absolute atomic E-state index is 0.116. The van der Waals surface area contributed by atoms with Crippen LogP contribution in [0.15, 0.2) is 54.6 Å². The number of aromatic nitrogens is 2. The van der Waals surface area contributed by atoms with E-state index in [1.54, 1.807) is 18.2 Å². The molecule has 1 heterocycles. The number of ether oxygens (including phenoxy) is 2. The molecule has 0 aliphatic carbocycles. The van der Waals surface area contributed by atoms with Crippen molar-refractivity contribution in [2.75, 3.05) is 7.11 Å². The zero-order valence-electron chi connectivity index (χ0n) is 14.0. The summed E-state index contributed by atoms with van der Waals surface area (Å²) in [6.07, 6.45) is 0. The summed E-state index contributed by atoms with van der Waals surface area (Å²) in [5, 5.41) is 18.9. The lowest BCUT2D eigenvalue weighted by molar-refractivity contribution is -0.385. The van der Waals surface area contributed by atoms with E-state index >= 15 is 0 Å². The normalized spacial score (nSPS) is 10.3. The Morgan fingerprint density at radius 2 is 1.81 bits per heavy atom. The number of carbonyl (C=O) groups excluding carboxylic acids is 1. The van der Waals surface area contributed by atoms with Crippen LogP contribution in [0.5, 0.6) is 11.6 Å². The maximum atomic E-state index is 13.0. The van der Waals surface area contributed by atoms with Gasteiger partial charge in [-0.3, -0.25) is 10.1 Å². The molecule has 2 aromatic carbocycles. The number of benzene rings is 2. The number of nitro groups is 1. The molecular weight excluding hydrogens is 357 g/mol. The fourth-order valence-electron chi connectivity index (χ4n) is 2.28. The highest BCUT2D eigenvalue weighted by molar-refractivity contribution is 5.94. The molecule has 1 aromatic heterocycles. The molecule has 27 heavy (non-hydrogen) atoms. The van der Waals surface area contributed by atoms with Crippen molar-refractivity contribution >= 4 is 11.7 Å². The minimum atomic E-state index is -0.857. The molecule has 0 aliphatic heterocycles. The minimum Gasteiger partial charge on any atom is -0.465 e.